The summed E-state index contributed by atoms with van der Waals surface area (Å²) in [5.41, 5.74) is 2.79. The molecule has 1 aromatic rings. The number of hydrogen-bond acceptors (Lipinski definition) is 4. The highest BCUT2D eigenvalue weighted by atomic mass is 16.5. The highest BCUT2D eigenvalue weighted by molar-refractivity contribution is 5.74. The first-order valence-corrected chi connectivity index (χ1v) is 5.91. The van der Waals surface area contributed by atoms with Gasteiger partial charge in [-0.25, -0.2) is 0 Å². The van der Waals surface area contributed by atoms with Crippen molar-refractivity contribution in [3.63, 3.8) is 0 Å². The Hall–Kier alpha value is -1.71. The van der Waals surface area contributed by atoms with Crippen molar-refractivity contribution >= 4 is 5.97 Å². The summed E-state index contributed by atoms with van der Waals surface area (Å²) in [7, 11) is 3.21. The Labute approximate surface area is 108 Å². The van der Waals surface area contributed by atoms with Crippen molar-refractivity contribution in [1.82, 2.24) is 0 Å². The molecule has 0 saturated heterocycles. The number of esters is 1. The lowest BCUT2D eigenvalue weighted by atomic mass is 10.0. The fourth-order valence-corrected chi connectivity index (χ4v) is 1.92. The molecule has 0 fully saturated rings. The number of methoxy groups -OCH3 is 2. The van der Waals surface area contributed by atoms with Gasteiger partial charge >= 0.3 is 5.97 Å². The summed E-state index contributed by atoms with van der Waals surface area (Å²) >= 11 is 0. The molecule has 0 radical (unpaired) electrons. The van der Waals surface area contributed by atoms with Crippen LogP contribution in [-0.4, -0.2) is 26.8 Å². The Kier molecular flexibility index (Phi) is 5.01. The predicted molar refractivity (Wildman–Crippen MR) is 69.4 cm³/mol. The second-order valence-electron chi connectivity index (χ2n) is 4.00. The van der Waals surface area contributed by atoms with Crippen LogP contribution in [0.3, 0.4) is 0 Å². The maximum atomic E-state index is 11.6. The van der Waals surface area contributed by atoms with Crippen LogP contribution in [0, 0.1) is 13.8 Å². The van der Waals surface area contributed by atoms with Gasteiger partial charge in [0.25, 0.3) is 0 Å². The van der Waals surface area contributed by atoms with Gasteiger partial charge in [-0.05, 0) is 38.0 Å². The number of carbonyl (C=O) groups excluding carboxylic acids is 1. The average molecular weight is 252 g/mol. The summed E-state index contributed by atoms with van der Waals surface area (Å²) < 4.78 is 15.6. The summed E-state index contributed by atoms with van der Waals surface area (Å²) in [4.78, 5) is 11.6. The Morgan fingerprint density at radius 1 is 1.17 bits per heavy atom. The normalized spacial score (nSPS) is 10.1. The van der Waals surface area contributed by atoms with Gasteiger partial charge in [0.15, 0.2) is 0 Å². The van der Waals surface area contributed by atoms with Crippen LogP contribution < -0.4 is 9.47 Å². The second-order valence-corrected chi connectivity index (χ2v) is 4.00. The number of ether oxygens (including phenoxy) is 3. The third-order valence-corrected chi connectivity index (χ3v) is 2.93. The summed E-state index contributed by atoms with van der Waals surface area (Å²) in [5, 5.41) is 0. The maximum Gasteiger partial charge on any atom is 0.310 e. The molecule has 0 N–H and O–H groups in total. The molecule has 18 heavy (non-hydrogen) atoms. The minimum absolute atomic E-state index is 0.189. The molecule has 4 nitrogen and oxygen atoms in total. The highest BCUT2D eigenvalue weighted by Gasteiger charge is 2.16. The quantitative estimate of drug-likeness (QED) is 0.755. The van der Waals surface area contributed by atoms with Crippen molar-refractivity contribution in [2.45, 2.75) is 27.2 Å². The molecular formula is C14H20O4. The van der Waals surface area contributed by atoms with Gasteiger partial charge in [0, 0.05) is 5.56 Å². The third-order valence-electron chi connectivity index (χ3n) is 2.93. The van der Waals surface area contributed by atoms with Crippen LogP contribution in [0.5, 0.6) is 11.5 Å². The molecule has 0 aliphatic rings. The minimum atomic E-state index is -0.263. The molecule has 0 aliphatic heterocycles. The SMILES string of the molecule is CCOC(=O)Cc1cc(OC)c(C)c(C)c1OC. The van der Waals surface area contributed by atoms with E-state index < -0.39 is 0 Å². The van der Waals surface area contributed by atoms with Crippen molar-refractivity contribution in [1.29, 1.82) is 0 Å². The summed E-state index contributed by atoms with van der Waals surface area (Å²) in [6.07, 6.45) is 0.189. The van der Waals surface area contributed by atoms with Crippen LogP contribution in [0.2, 0.25) is 0 Å². The lowest BCUT2D eigenvalue weighted by Crippen LogP contribution is -2.10. The van der Waals surface area contributed by atoms with Crippen molar-refractivity contribution in [2.24, 2.45) is 0 Å². The fourth-order valence-electron chi connectivity index (χ4n) is 1.92. The monoisotopic (exact) mass is 252 g/mol. The van der Waals surface area contributed by atoms with Crippen LogP contribution in [0.15, 0.2) is 6.07 Å². The number of carbonyl (C=O) groups is 1. The molecule has 100 valence electrons. The molecular weight excluding hydrogens is 232 g/mol. The zero-order valence-corrected chi connectivity index (χ0v) is 11.6. The van der Waals surface area contributed by atoms with E-state index in [-0.39, 0.29) is 12.4 Å². The molecule has 0 spiro atoms. The summed E-state index contributed by atoms with van der Waals surface area (Å²) in [5.74, 6) is 1.22. The largest absolute Gasteiger partial charge is 0.496 e. The van der Waals surface area contributed by atoms with Crippen LogP contribution in [0.25, 0.3) is 0 Å². The van der Waals surface area contributed by atoms with Gasteiger partial charge in [-0.15, -0.1) is 0 Å². The molecule has 0 heterocycles. The number of benzene rings is 1. The van der Waals surface area contributed by atoms with Gasteiger partial charge in [0.2, 0.25) is 0 Å². The predicted octanol–water partition coefficient (Wildman–Crippen LogP) is 2.43. The third kappa shape index (κ3) is 2.94. The molecule has 0 amide bonds. The van der Waals surface area contributed by atoms with E-state index in [2.05, 4.69) is 0 Å². The van der Waals surface area contributed by atoms with E-state index in [1.165, 1.54) is 0 Å². The van der Waals surface area contributed by atoms with Gasteiger partial charge in [-0.2, -0.15) is 0 Å². The Morgan fingerprint density at radius 2 is 1.83 bits per heavy atom. The number of hydrogen-bond donors (Lipinski definition) is 0. The second kappa shape index (κ2) is 6.28. The van der Waals surface area contributed by atoms with Gasteiger partial charge in [-0.3, -0.25) is 4.79 Å². The van der Waals surface area contributed by atoms with Gasteiger partial charge in [0.05, 0.1) is 27.2 Å². The Bertz CT molecular complexity index is 438. The van der Waals surface area contributed by atoms with Crippen molar-refractivity contribution < 1.29 is 19.0 Å². The zero-order valence-electron chi connectivity index (χ0n) is 11.6. The van der Waals surface area contributed by atoms with Crippen LogP contribution in [-0.2, 0) is 16.0 Å². The zero-order chi connectivity index (χ0) is 13.7. The van der Waals surface area contributed by atoms with Crippen LogP contribution >= 0.6 is 0 Å². The molecule has 4 heteroatoms. The van der Waals surface area contributed by atoms with E-state index in [4.69, 9.17) is 14.2 Å². The van der Waals surface area contributed by atoms with Crippen molar-refractivity contribution in [3.8, 4) is 11.5 Å². The molecule has 0 bridgehead atoms. The van der Waals surface area contributed by atoms with Gasteiger partial charge in [-0.1, -0.05) is 0 Å². The molecule has 0 aromatic heterocycles. The standard InChI is InChI=1S/C14H20O4/c1-6-18-13(15)8-11-7-12(16-4)9(2)10(3)14(11)17-5/h7H,6,8H2,1-5H3. The lowest BCUT2D eigenvalue weighted by Gasteiger charge is -2.16. The van der Waals surface area contributed by atoms with Crippen molar-refractivity contribution in [3.05, 3.63) is 22.8 Å². The first-order valence-electron chi connectivity index (χ1n) is 5.91. The van der Waals surface area contributed by atoms with Gasteiger partial charge in [0.1, 0.15) is 11.5 Å². The first-order chi connectivity index (χ1) is 8.54. The lowest BCUT2D eigenvalue weighted by molar-refractivity contribution is -0.142. The highest BCUT2D eigenvalue weighted by Crippen LogP contribution is 2.33. The van der Waals surface area contributed by atoms with E-state index in [1.807, 2.05) is 19.9 Å². The van der Waals surface area contributed by atoms with E-state index in [0.717, 1.165) is 28.2 Å². The van der Waals surface area contributed by atoms with Crippen molar-refractivity contribution in [2.75, 3.05) is 20.8 Å². The topological polar surface area (TPSA) is 44.8 Å². The van der Waals surface area contributed by atoms with E-state index in [1.54, 1.807) is 21.1 Å². The van der Waals surface area contributed by atoms with Crippen LogP contribution in [0.4, 0.5) is 0 Å². The first kappa shape index (κ1) is 14.4. The molecule has 0 aliphatic carbocycles. The molecule has 0 unspecified atom stereocenters. The Morgan fingerprint density at radius 3 is 2.33 bits per heavy atom. The summed E-state index contributed by atoms with van der Waals surface area (Å²) in [6.45, 7) is 6.08. The minimum Gasteiger partial charge on any atom is -0.496 e. The molecule has 0 atom stereocenters. The van der Waals surface area contributed by atoms with Crippen LogP contribution in [0.1, 0.15) is 23.6 Å². The smallest absolute Gasteiger partial charge is 0.310 e. The molecule has 0 saturated carbocycles. The Balaban J connectivity index is 3.16. The van der Waals surface area contributed by atoms with Gasteiger partial charge < -0.3 is 14.2 Å². The molecule has 1 rings (SSSR count). The maximum absolute atomic E-state index is 11.6. The van der Waals surface area contributed by atoms with E-state index >= 15 is 0 Å². The van der Waals surface area contributed by atoms with E-state index in [9.17, 15) is 4.79 Å². The summed E-state index contributed by atoms with van der Waals surface area (Å²) in [6, 6.07) is 1.83. The average Bonchev–Trinajstić information content (AvgIpc) is 2.34. The van der Waals surface area contributed by atoms with E-state index in [0.29, 0.717) is 6.61 Å². The number of rotatable bonds is 5. The fraction of sp³-hybridized carbons (Fsp3) is 0.500. The molecule has 1 aromatic carbocycles.